The van der Waals surface area contributed by atoms with E-state index in [0.29, 0.717) is 55.8 Å². The van der Waals surface area contributed by atoms with E-state index in [1.54, 1.807) is 36.3 Å². The summed E-state index contributed by atoms with van der Waals surface area (Å²) in [7, 11) is 1.56. The number of ether oxygens (including phenoxy) is 1. The minimum atomic E-state index is -0.0566. The molecule has 0 bridgehead atoms. The van der Waals surface area contributed by atoms with Crippen molar-refractivity contribution in [3.63, 3.8) is 0 Å². The fraction of sp³-hybridized carbons (Fsp3) is 0.474. The molecule has 8 heteroatoms. The number of amides is 1. The van der Waals surface area contributed by atoms with Crippen LogP contribution in [0.25, 0.3) is 0 Å². The van der Waals surface area contributed by atoms with Gasteiger partial charge in [-0.05, 0) is 12.1 Å². The quantitative estimate of drug-likeness (QED) is 0.686. The third kappa shape index (κ3) is 4.64. The van der Waals surface area contributed by atoms with Crippen LogP contribution in [0.1, 0.15) is 36.0 Å². The van der Waals surface area contributed by atoms with Gasteiger partial charge in [-0.1, -0.05) is 24.2 Å². The van der Waals surface area contributed by atoms with Crippen molar-refractivity contribution in [2.45, 2.75) is 26.2 Å². The van der Waals surface area contributed by atoms with E-state index in [4.69, 9.17) is 9.15 Å². The number of carbonyl (C=O) groups excluding carboxylic acids is 2. The van der Waals surface area contributed by atoms with Gasteiger partial charge in [-0.2, -0.15) is 0 Å². The van der Waals surface area contributed by atoms with Gasteiger partial charge in [0, 0.05) is 51.0 Å². The standard InChI is InChI=1S/C19H24N4O4/c1-3-17-20-21-19(27-17)23-11-9-22(10-12-23)18(25)8-7-16(24)14-5-4-6-15(13-14)26-2/h4-6,13H,3,7-12H2,1-2H3. The van der Waals surface area contributed by atoms with Crippen LogP contribution in [0.15, 0.2) is 28.7 Å². The molecule has 1 aromatic carbocycles. The van der Waals surface area contributed by atoms with Crippen LogP contribution in [0.3, 0.4) is 0 Å². The molecule has 8 nitrogen and oxygen atoms in total. The number of rotatable bonds is 7. The largest absolute Gasteiger partial charge is 0.497 e. The Morgan fingerprint density at radius 2 is 1.93 bits per heavy atom. The molecule has 1 aliphatic rings. The highest BCUT2D eigenvalue weighted by molar-refractivity contribution is 5.98. The number of Topliss-reactive ketones (excluding diaryl/α,β-unsaturated/α-hetero) is 1. The van der Waals surface area contributed by atoms with Gasteiger partial charge < -0.3 is 19.0 Å². The van der Waals surface area contributed by atoms with E-state index < -0.39 is 0 Å². The topological polar surface area (TPSA) is 88.8 Å². The number of hydrogen-bond acceptors (Lipinski definition) is 7. The summed E-state index contributed by atoms with van der Waals surface area (Å²) in [6.07, 6.45) is 1.10. The van der Waals surface area contributed by atoms with E-state index in [2.05, 4.69) is 10.2 Å². The van der Waals surface area contributed by atoms with Gasteiger partial charge in [0.15, 0.2) is 5.78 Å². The molecule has 0 saturated carbocycles. The van der Waals surface area contributed by atoms with Gasteiger partial charge in [0.05, 0.1) is 7.11 Å². The predicted octanol–water partition coefficient (Wildman–Crippen LogP) is 1.95. The highest BCUT2D eigenvalue weighted by Gasteiger charge is 2.24. The summed E-state index contributed by atoms with van der Waals surface area (Å²) in [6, 6.07) is 7.50. The number of nitrogens with zero attached hydrogens (tertiary/aromatic N) is 4. The first-order valence-corrected chi connectivity index (χ1v) is 9.13. The molecular weight excluding hydrogens is 348 g/mol. The van der Waals surface area contributed by atoms with Gasteiger partial charge in [0.2, 0.25) is 11.8 Å². The zero-order valence-electron chi connectivity index (χ0n) is 15.7. The fourth-order valence-electron chi connectivity index (χ4n) is 2.98. The van der Waals surface area contributed by atoms with Crippen molar-refractivity contribution in [3.05, 3.63) is 35.7 Å². The lowest BCUT2D eigenvalue weighted by Gasteiger charge is -2.33. The molecule has 27 heavy (non-hydrogen) atoms. The number of hydrogen-bond donors (Lipinski definition) is 0. The van der Waals surface area contributed by atoms with Crippen LogP contribution in [0.2, 0.25) is 0 Å². The van der Waals surface area contributed by atoms with Crippen molar-refractivity contribution >= 4 is 17.7 Å². The van der Waals surface area contributed by atoms with Crippen molar-refractivity contribution in [1.82, 2.24) is 15.1 Å². The van der Waals surface area contributed by atoms with Gasteiger partial charge in [-0.25, -0.2) is 0 Å². The summed E-state index contributed by atoms with van der Waals surface area (Å²) >= 11 is 0. The first kappa shape index (κ1) is 18.9. The smallest absolute Gasteiger partial charge is 0.318 e. The third-order valence-electron chi connectivity index (χ3n) is 4.62. The minimum Gasteiger partial charge on any atom is -0.497 e. The number of anilines is 1. The van der Waals surface area contributed by atoms with E-state index >= 15 is 0 Å². The second-order valence-corrected chi connectivity index (χ2v) is 6.35. The Labute approximate surface area is 158 Å². The maximum atomic E-state index is 12.4. The number of carbonyl (C=O) groups is 2. The lowest BCUT2D eigenvalue weighted by Crippen LogP contribution is -2.49. The van der Waals surface area contributed by atoms with Crippen LogP contribution in [0.5, 0.6) is 5.75 Å². The first-order chi connectivity index (χ1) is 13.1. The lowest BCUT2D eigenvalue weighted by molar-refractivity contribution is -0.131. The molecule has 0 atom stereocenters. The maximum absolute atomic E-state index is 12.4. The van der Waals surface area contributed by atoms with Gasteiger partial charge in [-0.3, -0.25) is 9.59 Å². The minimum absolute atomic E-state index is 0.00864. The van der Waals surface area contributed by atoms with Crippen LogP contribution >= 0.6 is 0 Å². The highest BCUT2D eigenvalue weighted by Crippen LogP contribution is 2.17. The van der Waals surface area contributed by atoms with Crippen LogP contribution in [-0.4, -0.2) is 60.1 Å². The predicted molar refractivity (Wildman–Crippen MR) is 99.0 cm³/mol. The molecule has 1 amide bonds. The zero-order valence-corrected chi connectivity index (χ0v) is 15.7. The zero-order chi connectivity index (χ0) is 19.2. The second-order valence-electron chi connectivity index (χ2n) is 6.35. The van der Waals surface area contributed by atoms with Crippen molar-refractivity contribution in [3.8, 4) is 5.75 Å². The molecule has 1 aromatic heterocycles. The molecule has 0 unspecified atom stereocenters. The molecule has 144 valence electrons. The Kier molecular flexibility index (Phi) is 6.05. The summed E-state index contributed by atoms with van der Waals surface area (Å²) in [6.45, 7) is 4.40. The molecular formula is C19H24N4O4. The number of aromatic nitrogens is 2. The van der Waals surface area contributed by atoms with Crippen LogP contribution in [0.4, 0.5) is 6.01 Å². The normalized spacial score (nSPS) is 14.3. The fourth-order valence-corrected chi connectivity index (χ4v) is 2.98. The molecule has 1 saturated heterocycles. The van der Waals surface area contributed by atoms with Gasteiger partial charge >= 0.3 is 6.01 Å². The van der Waals surface area contributed by atoms with E-state index in [1.165, 1.54) is 0 Å². The van der Waals surface area contributed by atoms with Crippen molar-refractivity contribution in [1.29, 1.82) is 0 Å². The second kappa shape index (κ2) is 8.66. The molecule has 0 N–H and O–H groups in total. The number of methoxy groups -OCH3 is 1. The molecule has 1 aliphatic heterocycles. The molecule has 2 aromatic rings. The monoisotopic (exact) mass is 372 g/mol. The highest BCUT2D eigenvalue weighted by atomic mass is 16.5. The molecule has 0 spiro atoms. The van der Waals surface area contributed by atoms with Crippen molar-refractivity contribution in [2.75, 3.05) is 38.2 Å². The molecule has 2 heterocycles. The SMILES string of the molecule is CCc1nnc(N2CCN(C(=O)CCC(=O)c3cccc(OC)c3)CC2)o1. The molecule has 0 radical (unpaired) electrons. The number of aryl methyl sites for hydroxylation is 1. The van der Waals surface area contributed by atoms with Crippen LogP contribution in [-0.2, 0) is 11.2 Å². The summed E-state index contributed by atoms with van der Waals surface area (Å²) in [4.78, 5) is 28.5. The van der Waals surface area contributed by atoms with Crippen molar-refractivity contribution in [2.24, 2.45) is 0 Å². The Balaban J connectivity index is 1.47. The van der Waals surface area contributed by atoms with Crippen LogP contribution < -0.4 is 9.64 Å². The Morgan fingerprint density at radius 3 is 2.59 bits per heavy atom. The molecule has 1 fully saturated rings. The maximum Gasteiger partial charge on any atom is 0.318 e. The Hall–Kier alpha value is -2.90. The van der Waals surface area contributed by atoms with Gasteiger partial charge in [0.25, 0.3) is 0 Å². The number of ketones is 1. The summed E-state index contributed by atoms with van der Waals surface area (Å²) in [5.74, 6) is 1.18. The number of piperazine rings is 1. The Bertz CT molecular complexity index is 797. The molecule has 0 aliphatic carbocycles. The Morgan fingerprint density at radius 1 is 1.15 bits per heavy atom. The lowest BCUT2D eigenvalue weighted by atomic mass is 10.1. The summed E-state index contributed by atoms with van der Waals surface area (Å²) in [5.41, 5.74) is 0.565. The van der Waals surface area contributed by atoms with Gasteiger partial charge in [0.1, 0.15) is 5.75 Å². The molecule has 3 rings (SSSR count). The first-order valence-electron chi connectivity index (χ1n) is 9.13. The van der Waals surface area contributed by atoms with Gasteiger partial charge in [-0.15, -0.1) is 5.10 Å². The van der Waals surface area contributed by atoms with E-state index in [9.17, 15) is 9.59 Å². The van der Waals surface area contributed by atoms with Crippen LogP contribution in [0, 0.1) is 0 Å². The third-order valence-corrected chi connectivity index (χ3v) is 4.62. The average Bonchev–Trinajstić information content (AvgIpc) is 3.21. The summed E-state index contributed by atoms with van der Waals surface area (Å²) < 4.78 is 10.7. The van der Waals surface area contributed by atoms with E-state index in [0.717, 1.165) is 0 Å². The van der Waals surface area contributed by atoms with E-state index in [1.807, 2.05) is 11.8 Å². The van der Waals surface area contributed by atoms with E-state index in [-0.39, 0.29) is 24.5 Å². The summed E-state index contributed by atoms with van der Waals surface area (Å²) in [5, 5.41) is 8.01. The number of benzene rings is 1. The average molecular weight is 372 g/mol. The van der Waals surface area contributed by atoms with Crippen molar-refractivity contribution < 1.29 is 18.7 Å².